The van der Waals surface area contributed by atoms with Gasteiger partial charge in [0.25, 0.3) is 0 Å². The summed E-state index contributed by atoms with van der Waals surface area (Å²) in [6.45, 7) is 0.749. The van der Waals surface area contributed by atoms with E-state index in [1.165, 1.54) is 5.56 Å². The van der Waals surface area contributed by atoms with Crippen LogP contribution in [-0.4, -0.2) is 31.4 Å². The van der Waals surface area contributed by atoms with Crippen LogP contribution in [0.3, 0.4) is 0 Å². The minimum Gasteiger partial charge on any atom is -0.312 e. The van der Waals surface area contributed by atoms with E-state index < -0.39 is 0 Å². The lowest BCUT2D eigenvalue weighted by Gasteiger charge is -2.37. The maximum Gasteiger partial charge on any atom is 0.231 e. The fourth-order valence-corrected chi connectivity index (χ4v) is 3.47. The number of carbonyl (C=O) groups excluding carboxylic acids is 1. The van der Waals surface area contributed by atoms with Gasteiger partial charge in [-0.2, -0.15) is 0 Å². The van der Waals surface area contributed by atoms with E-state index in [2.05, 4.69) is 25.1 Å². The number of nitrogens with zero attached hydrogens (tertiary/aromatic N) is 2. The van der Waals surface area contributed by atoms with Crippen LogP contribution in [0.15, 0.2) is 48.5 Å². The van der Waals surface area contributed by atoms with Crippen molar-refractivity contribution >= 4 is 23.2 Å². The zero-order chi connectivity index (χ0) is 16.4. The molecular formula is C19H21ClN2O. The van der Waals surface area contributed by atoms with Gasteiger partial charge < -0.3 is 9.80 Å². The molecule has 0 spiro atoms. The molecule has 1 aliphatic rings. The van der Waals surface area contributed by atoms with Crippen molar-refractivity contribution in [1.29, 1.82) is 0 Å². The molecule has 0 bridgehead atoms. The van der Waals surface area contributed by atoms with Crippen molar-refractivity contribution in [3.8, 4) is 0 Å². The highest BCUT2D eigenvalue weighted by Crippen LogP contribution is 2.36. The van der Waals surface area contributed by atoms with Gasteiger partial charge in [-0.15, -0.1) is 0 Å². The Hall–Kier alpha value is -1.84. The Bertz CT molecular complexity index is 714. The second kappa shape index (κ2) is 6.73. The number of para-hydroxylation sites is 1. The van der Waals surface area contributed by atoms with Crippen LogP contribution >= 0.6 is 11.6 Å². The molecule has 1 heterocycles. The summed E-state index contributed by atoms with van der Waals surface area (Å²) in [7, 11) is 4.18. The van der Waals surface area contributed by atoms with E-state index in [4.69, 9.17) is 11.6 Å². The highest BCUT2D eigenvalue weighted by Gasteiger charge is 2.29. The van der Waals surface area contributed by atoms with E-state index in [0.717, 1.165) is 24.2 Å². The summed E-state index contributed by atoms with van der Waals surface area (Å²) >= 11 is 6.02. The normalized spacial score (nSPS) is 17.2. The fourth-order valence-electron chi connectivity index (χ4n) is 3.25. The van der Waals surface area contributed by atoms with E-state index in [0.29, 0.717) is 17.5 Å². The maximum absolute atomic E-state index is 12.8. The molecule has 4 heteroatoms. The third-order valence-electron chi connectivity index (χ3n) is 4.38. The van der Waals surface area contributed by atoms with Gasteiger partial charge in [0.15, 0.2) is 0 Å². The lowest BCUT2D eigenvalue weighted by atomic mass is 9.95. The minimum atomic E-state index is 0.122. The van der Waals surface area contributed by atoms with E-state index in [1.807, 2.05) is 47.4 Å². The first-order valence-electron chi connectivity index (χ1n) is 7.86. The largest absolute Gasteiger partial charge is 0.312 e. The molecule has 1 aliphatic heterocycles. The molecule has 0 saturated carbocycles. The van der Waals surface area contributed by atoms with Gasteiger partial charge in [0.2, 0.25) is 5.91 Å². The molecule has 3 rings (SSSR count). The van der Waals surface area contributed by atoms with Crippen LogP contribution in [0.1, 0.15) is 23.6 Å². The zero-order valence-electron chi connectivity index (χ0n) is 13.5. The molecule has 1 amide bonds. The highest BCUT2D eigenvalue weighted by atomic mass is 35.5. The molecule has 0 N–H and O–H groups in total. The Labute approximate surface area is 142 Å². The van der Waals surface area contributed by atoms with Gasteiger partial charge in [0.1, 0.15) is 0 Å². The summed E-state index contributed by atoms with van der Waals surface area (Å²) in [6.07, 6.45) is 1.33. The van der Waals surface area contributed by atoms with Gasteiger partial charge in [-0.25, -0.2) is 0 Å². The van der Waals surface area contributed by atoms with Gasteiger partial charge in [0.05, 0.1) is 6.42 Å². The molecule has 0 saturated heterocycles. The summed E-state index contributed by atoms with van der Waals surface area (Å²) in [5, 5.41) is 0.669. The second-order valence-electron chi connectivity index (χ2n) is 6.18. The molecule has 2 aromatic rings. The maximum atomic E-state index is 12.8. The Balaban J connectivity index is 1.85. The quantitative estimate of drug-likeness (QED) is 0.852. The van der Waals surface area contributed by atoms with Crippen LogP contribution in [0.4, 0.5) is 5.69 Å². The molecule has 3 nitrogen and oxygen atoms in total. The summed E-state index contributed by atoms with van der Waals surface area (Å²) < 4.78 is 0. The highest BCUT2D eigenvalue weighted by molar-refractivity contribution is 6.30. The first-order chi connectivity index (χ1) is 11.1. The van der Waals surface area contributed by atoms with Crippen molar-refractivity contribution in [2.75, 3.05) is 25.5 Å². The number of hydrogen-bond acceptors (Lipinski definition) is 2. The monoisotopic (exact) mass is 328 g/mol. The van der Waals surface area contributed by atoms with Crippen molar-refractivity contribution < 1.29 is 4.79 Å². The van der Waals surface area contributed by atoms with Crippen LogP contribution < -0.4 is 4.90 Å². The van der Waals surface area contributed by atoms with Crippen molar-refractivity contribution in [3.63, 3.8) is 0 Å². The van der Waals surface area contributed by atoms with Crippen LogP contribution in [0.5, 0.6) is 0 Å². The smallest absolute Gasteiger partial charge is 0.231 e. The number of amides is 1. The van der Waals surface area contributed by atoms with Crippen molar-refractivity contribution in [2.24, 2.45) is 0 Å². The topological polar surface area (TPSA) is 23.6 Å². The third kappa shape index (κ3) is 3.41. The first-order valence-corrected chi connectivity index (χ1v) is 8.24. The summed E-state index contributed by atoms with van der Waals surface area (Å²) in [5.41, 5.74) is 3.21. The number of anilines is 1. The average molecular weight is 329 g/mol. The first kappa shape index (κ1) is 16.0. The van der Waals surface area contributed by atoms with E-state index in [9.17, 15) is 4.79 Å². The van der Waals surface area contributed by atoms with E-state index >= 15 is 0 Å². The Kier molecular flexibility index (Phi) is 4.69. The Morgan fingerprint density at radius 1 is 1.22 bits per heavy atom. The van der Waals surface area contributed by atoms with Crippen LogP contribution in [-0.2, 0) is 11.2 Å². The third-order valence-corrected chi connectivity index (χ3v) is 4.62. The Morgan fingerprint density at radius 3 is 2.74 bits per heavy atom. The molecule has 120 valence electrons. The molecule has 2 aromatic carbocycles. The van der Waals surface area contributed by atoms with Gasteiger partial charge in [0, 0.05) is 23.3 Å². The molecule has 0 fully saturated rings. The van der Waals surface area contributed by atoms with Crippen LogP contribution in [0, 0.1) is 0 Å². The fraction of sp³-hybridized carbons (Fsp3) is 0.316. The van der Waals surface area contributed by atoms with Gasteiger partial charge in [-0.1, -0.05) is 41.9 Å². The number of benzene rings is 2. The molecule has 0 radical (unpaired) electrons. The number of hydrogen-bond donors (Lipinski definition) is 0. The second-order valence-corrected chi connectivity index (χ2v) is 6.62. The van der Waals surface area contributed by atoms with Crippen molar-refractivity contribution in [1.82, 2.24) is 4.90 Å². The molecule has 0 aromatic heterocycles. The molecule has 23 heavy (non-hydrogen) atoms. The lowest BCUT2D eigenvalue weighted by Crippen LogP contribution is -2.40. The average Bonchev–Trinajstić information content (AvgIpc) is 2.53. The SMILES string of the molecule is CN(C)C1CCN(C(=O)Cc2cccc(Cl)c2)c2ccccc21. The molecule has 1 atom stereocenters. The van der Waals surface area contributed by atoms with Gasteiger partial charge >= 0.3 is 0 Å². The van der Waals surface area contributed by atoms with E-state index in [1.54, 1.807) is 0 Å². The van der Waals surface area contributed by atoms with Crippen LogP contribution in [0.2, 0.25) is 5.02 Å². The van der Waals surface area contributed by atoms with Gasteiger partial charge in [-0.3, -0.25) is 4.79 Å². The van der Waals surface area contributed by atoms with Crippen LogP contribution in [0.25, 0.3) is 0 Å². The molecule has 0 aliphatic carbocycles. The van der Waals surface area contributed by atoms with E-state index in [-0.39, 0.29) is 5.91 Å². The van der Waals surface area contributed by atoms with Crippen molar-refractivity contribution in [2.45, 2.75) is 18.9 Å². The minimum absolute atomic E-state index is 0.122. The summed E-state index contributed by atoms with van der Waals surface area (Å²) in [4.78, 5) is 16.9. The zero-order valence-corrected chi connectivity index (χ0v) is 14.3. The molecular weight excluding hydrogens is 308 g/mol. The number of rotatable bonds is 3. The number of halogens is 1. The predicted molar refractivity (Wildman–Crippen MR) is 95.0 cm³/mol. The predicted octanol–water partition coefficient (Wildman–Crippen LogP) is 3.92. The van der Waals surface area contributed by atoms with Crippen molar-refractivity contribution in [3.05, 3.63) is 64.7 Å². The number of carbonyl (C=O) groups is 1. The summed E-state index contributed by atoms with van der Waals surface area (Å²) in [6, 6.07) is 16.1. The Morgan fingerprint density at radius 2 is 2.00 bits per heavy atom. The summed E-state index contributed by atoms with van der Waals surface area (Å²) in [5.74, 6) is 0.122. The van der Waals surface area contributed by atoms with Gasteiger partial charge in [-0.05, 0) is 49.8 Å². The number of fused-ring (bicyclic) bond motifs is 1. The molecule has 1 unspecified atom stereocenters. The standard InChI is InChI=1S/C19H21ClN2O/c1-21(2)17-10-11-22(18-9-4-3-8-16(17)18)19(23)13-14-6-5-7-15(20)12-14/h3-9,12,17H,10-11,13H2,1-2H3. The lowest BCUT2D eigenvalue weighted by molar-refractivity contribution is -0.118.